The lowest BCUT2D eigenvalue weighted by molar-refractivity contribution is -0.144. The second kappa shape index (κ2) is 4.42. The molecule has 0 aromatic heterocycles. The molecule has 1 aliphatic heterocycles. The highest BCUT2D eigenvalue weighted by atomic mass is 16.5. The number of nitrogens with one attached hydrogen (secondary N) is 1. The standard InChI is InChI=1S/C11H14N2O2/c12-6-9-7-13-11(14)10(15-9)8-4-2-1-3-5-8/h1-5,9-10H,6-7,12H2,(H,13,14). The molecule has 0 aliphatic carbocycles. The van der Waals surface area contributed by atoms with Gasteiger partial charge in [0.1, 0.15) is 0 Å². The summed E-state index contributed by atoms with van der Waals surface area (Å²) in [5.74, 6) is -0.0918. The van der Waals surface area contributed by atoms with Gasteiger partial charge in [-0.15, -0.1) is 0 Å². The number of carbonyl (C=O) groups excluding carboxylic acids is 1. The van der Waals surface area contributed by atoms with Gasteiger partial charge in [0.2, 0.25) is 0 Å². The molecular weight excluding hydrogens is 192 g/mol. The SMILES string of the molecule is NCC1CNC(=O)C(c2ccccc2)O1. The van der Waals surface area contributed by atoms with Gasteiger partial charge in [0.05, 0.1) is 6.10 Å². The summed E-state index contributed by atoms with van der Waals surface area (Å²) in [6.07, 6.45) is -0.610. The minimum Gasteiger partial charge on any atom is -0.357 e. The molecule has 1 aromatic rings. The van der Waals surface area contributed by atoms with Gasteiger partial charge in [-0.3, -0.25) is 4.79 Å². The zero-order valence-electron chi connectivity index (χ0n) is 8.35. The molecule has 0 radical (unpaired) electrons. The van der Waals surface area contributed by atoms with Gasteiger partial charge in [-0.25, -0.2) is 0 Å². The van der Waals surface area contributed by atoms with Gasteiger partial charge in [0.25, 0.3) is 5.91 Å². The first-order valence-corrected chi connectivity index (χ1v) is 4.99. The molecule has 1 fully saturated rings. The topological polar surface area (TPSA) is 64.3 Å². The maximum absolute atomic E-state index is 11.6. The van der Waals surface area contributed by atoms with E-state index >= 15 is 0 Å². The molecule has 1 aliphatic rings. The lowest BCUT2D eigenvalue weighted by Gasteiger charge is -2.29. The van der Waals surface area contributed by atoms with Crippen molar-refractivity contribution < 1.29 is 9.53 Å². The van der Waals surface area contributed by atoms with Gasteiger partial charge >= 0.3 is 0 Å². The van der Waals surface area contributed by atoms with Gasteiger partial charge in [-0.2, -0.15) is 0 Å². The summed E-state index contributed by atoms with van der Waals surface area (Å²) in [5.41, 5.74) is 6.38. The Kier molecular flexibility index (Phi) is 2.99. The number of carbonyl (C=O) groups is 1. The second-order valence-corrected chi connectivity index (χ2v) is 3.53. The molecule has 4 nitrogen and oxygen atoms in total. The van der Waals surface area contributed by atoms with Crippen LogP contribution >= 0.6 is 0 Å². The Labute approximate surface area is 88.4 Å². The first kappa shape index (κ1) is 10.1. The van der Waals surface area contributed by atoms with Crippen LogP contribution < -0.4 is 11.1 Å². The number of nitrogens with two attached hydrogens (primary N) is 1. The maximum atomic E-state index is 11.6. The number of benzene rings is 1. The molecule has 1 amide bonds. The highest BCUT2D eigenvalue weighted by Gasteiger charge is 2.29. The van der Waals surface area contributed by atoms with Gasteiger partial charge in [-0.1, -0.05) is 30.3 Å². The summed E-state index contributed by atoms with van der Waals surface area (Å²) in [4.78, 5) is 11.6. The molecule has 1 saturated heterocycles. The van der Waals surface area contributed by atoms with Crippen molar-refractivity contribution in [3.63, 3.8) is 0 Å². The molecule has 0 saturated carbocycles. The third-order valence-electron chi connectivity index (χ3n) is 2.44. The van der Waals surface area contributed by atoms with E-state index in [0.29, 0.717) is 13.1 Å². The van der Waals surface area contributed by atoms with Gasteiger partial charge in [0.15, 0.2) is 6.10 Å². The summed E-state index contributed by atoms with van der Waals surface area (Å²) < 4.78 is 5.60. The predicted octanol–water partition coefficient (Wildman–Crippen LogP) is 0.201. The Morgan fingerprint density at radius 1 is 1.40 bits per heavy atom. The minimum absolute atomic E-state index is 0.0899. The van der Waals surface area contributed by atoms with Crippen LogP contribution in [0.1, 0.15) is 11.7 Å². The highest BCUT2D eigenvalue weighted by molar-refractivity contribution is 5.82. The van der Waals surface area contributed by atoms with E-state index < -0.39 is 6.10 Å². The van der Waals surface area contributed by atoms with Crippen LogP contribution in [-0.4, -0.2) is 25.1 Å². The third-order valence-corrected chi connectivity index (χ3v) is 2.44. The van der Waals surface area contributed by atoms with Crippen molar-refractivity contribution in [3.05, 3.63) is 35.9 Å². The van der Waals surface area contributed by atoms with Crippen LogP contribution in [0.2, 0.25) is 0 Å². The second-order valence-electron chi connectivity index (χ2n) is 3.53. The Morgan fingerprint density at radius 2 is 2.13 bits per heavy atom. The number of hydrogen-bond donors (Lipinski definition) is 2. The van der Waals surface area contributed by atoms with Crippen molar-refractivity contribution in [2.24, 2.45) is 5.73 Å². The van der Waals surface area contributed by atoms with E-state index in [1.807, 2.05) is 30.3 Å². The fourth-order valence-electron chi connectivity index (χ4n) is 1.61. The smallest absolute Gasteiger partial charge is 0.253 e. The molecule has 1 aromatic carbocycles. The first-order chi connectivity index (χ1) is 7.31. The van der Waals surface area contributed by atoms with E-state index in [1.165, 1.54) is 0 Å². The Bertz CT molecular complexity index is 340. The number of hydrogen-bond acceptors (Lipinski definition) is 3. The van der Waals surface area contributed by atoms with Crippen LogP contribution in [0.3, 0.4) is 0 Å². The molecule has 0 bridgehead atoms. The summed E-state index contributed by atoms with van der Waals surface area (Å²) in [6, 6.07) is 9.44. The zero-order valence-corrected chi connectivity index (χ0v) is 8.35. The lowest BCUT2D eigenvalue weighted by Crippen LogP contribution is -2.47. The van der Waals surface area contributed by atoms with E-state index in [-0.39, 0.29) is 12.0 Å². The normalized spacial score (nSPS) is 26.1. The Morgan fingerprint density at radius 3 is 2.80 bits per heavy atom. The van der Waals surface area contributed by atoms with E-state index in [9.17, 15) is 4.79 Å². The summed E-state index contributed by atoms with van der Waals surface area (Å²) in [5, 5.41) is 2.79. The van der Waals surface area contributed by atoms with Crippen molar-refractivity contribution in [1.29, 1.82) is 0 Å². The number of amides is 1. The largest absolute Gasteiger partial charge is 0.357 e. The fraction of sp³-hybridized carbons (Fsp3) is 0.364. The fourth-order valence-corrected chi connectivity index (χ4v) is 1.61. The average molecular weight is 206 g/mol. The Hall–Kier alpha value is -1.39. The summed E-state index contributed by atoms with van der Waals surface area (Å²) in [6.45, 7) is 0.919. The lowest BCUT2D eigenvalue weighted by atomic mass is 10.1. The maximum Gasteiger partial charge on any atom is 0.253 e. The zero-order chi connectivity index (χ0) is 10.7. The molecule has 2 rings (SSSR count). The van der Waals surface area contributed by atoms with Crippen LogP contribution in [0.4, 0.5) is 0 Å². The minimum atomic E-state index is -0.520. The molecular formula is C11H14N2O2. The summed E-state index contributed by atoms with van der Waals surface area (Å²) in [7, 11) is 0. The van der Waals surface area contributed by atoms with Crippen LogP contribution in [0.25, 0.3) is 0 Å². The average Bonchev–Trinajstić information content (AvgIpc) is 2.31. The number of morpholine rings is 1. The quantitative estimate of drug-likeness (QED) is 0.726. The van der Waals surface area contributed by atoms with Gasteiger partial charge in [0, 0.05) is 13.1 Å². The van der Waals surface area contributed by atoms with Crippen LogP contribution in [-0.2, 0) is 9.53 Å². The third kappa shape index (κ3) is 2.16. The van der Waals surface area contributed by atoms with Crippen LogP contribution in [0.5, 0.6) is 0 Å². The van der Waals surface area contributed by atoms with Gasteiger partial charge in [-0.05, 0) is 5.56 Å². The number of rotatable bonds is 2. The molecule has 80 valence electrons. The summed E-state index contributed by atoms with van der Waals surface area (Å²) >= 11 is 0. The van der Waals surface area contributed by atoms with Crippen molar-refractivity contribution in [3.8, 4) is 0 Å². The monoisotopic (exact) mass is 206 g/mol. The van der Waals surface area contributed by atoms with Crippen molar-refractivity contribution in [2.45, 2.75) is 12.2 Å². The van der Waals surface area contributed by atoms with Crippen molar-refractivity contribution in [1.82, 2.24) is 5.32 Å². The first-order valence-electron chi connectivity index (χ1n) is 4.99. The van der Waals surface area contributed by atoms with Crippen LogP contribution in [0.15, 0.2) is 30.3 Å². The molecule has 4 heteroatoms. The van der Waals surface area contributed by atoms with Crippen LogP contribution in [0, 0.1) is 0 Å². The predicted molar refractivity (Wildman–Crippen MR) is 56.1 cm³/mol. The van der Waals surface area contributed by atoms with E-state index in [1.54, 1.807) is 0 Å². The molecule has 2 unspecified atom stereocenters. The van der Waals surface area contributed by atoms with E-state index in [4.69, 9.17) is 10.5 Å². The van der Waals surface area contributed by atoms with Crippen molar-refractivity contribution >= 4 is 5.91 Å². The molecule has 1 heterocycles. The molecule has 15 heavy (non-hydrogen) atoms. The molecule has 2 atom stereocenters. The van der Waals surface area contributed by atoms with E-state index in [0.717, 1.165) is 5.56 Å². The molecule has 3 N–H and O–H groups in total. The van der Waals surface area contributed by atoms with Crippen molar-refractivity contribution in [2.75, 3.05) is 13.1 Å². The molecule has 0 spiro atoms. The number of ether oxygens (including phenoxy) is 1. The van der Waals surface area contributed by atoms with Gasteiger partial charge < -0.3 is 15.8 Å². The Balaban J connectivity index is 2.16. The highest BCUT2D eigenvalue weighted by Crippen LogP contribution is 2.21. The van der Waals surface area contributed by atoms with E-state index in [2.05, 4.69) is 5.32 Å².